The van der Waals surface area contributed by atoms with Crippen LogP contribution in [-0.4, -0.2) is 16.0 Å². The molecule has 1 aromatic rings. The van der Waals surface area contributed by atoms with E-state index in [9.17, 15) is 13.2 Å². The highest BCUT2D eigenvalue weighted by Crippen LogP contribution is 2.23. The van der Waals surface area contributed by atoms with Gasteiger partial charge in [0.15, 0.2) is 0 Å². The standard InChI is InChI=1S/C11H18F3N3/c1-7(15)10-8(2)16-17(9(10)3)6-4-5-11(12,13)14/h7H,4-6,15H2,1-3H3. The molecule has 0 saturated heterocycles. The molecule has 17 heavy (non-hydrogen) atoms. The molecular formula is C11H18F3N3. The lowest BCUT2D eigenvalue weighted by Crippen LogP contribution is -2.11. The van der Waals surface area contributed by atoms with Crippen molar-refractivity contribution < 1.29 is 13.2 Å². The first-order chi connectivity index (χ1) is 7.72. The quantitative estimate of drug-likeness (QED) is 0.891. The average Bonchev–Trinajstić information content (AvgIpc) is 2.39. The van der Waals surface area contributed by atoms with Gasteiger partial charge in [0.2, 0.25) is 0 Å². The molecular weight excluding hydrogens is 231 g/mol. The second-order valence-electron chi connectivity index (χ2n) is 4.32. The van der Waals surface area contributed by atoms with Crippen LogP contribution in [0.15, 0.2) is 0 Å². The van der Waals surface area contributed by atoms with Crippen LogP contribution in [0.3, 0.4) is 0 Å². The SMILES string of the molecule is Cc1nn(CCCC(F)(F)F)c(C)c1C(C)N. The first-order valence-electron chi connectivity index (χ1n) is 5.58. The normalized spacial score (nSPS) is 14.1. The monoisotopic (exact) mass is 249 g/mol. The van der Waals surface area contributed by atoms with Crippen LogP contribution in [0.5, 0.6) is 0 Å². The van der Waals surface area contributed by atoms with Gasteiger partial charge in [0, 0.05) is 30.3 Å². The van der Waals surface area contributed by atoms with Gasteiger partial charge in [0.25, 0.3) is 0 Å². The van der Waals surface area contributed by atoms with Crippen molar-refractivity contribution in [2.24, 2.45) is 5.73 Å². The van der Waals surface area contributed by atoms with E-state index in [1.165, 1.54) is 0 Å². The van der Waals surface area contributed by atoms with Crippen LogP contribution in [0.1, 0.15) is 42.8 Å². The summed E-state index contributed by atoms with van der Waals surface area (Å²) in [6, 6.07) is -0.147. The van der Waals surface area contributed by atoms with E-state index in [0.29, 0.717) is 0 Å². The molecule has 0 aliphatic carbocycles. The van der Waals surface area contributed by atoms with Crippen molar-refractivity contribution in [3.63, 3.8) is 0 Å². The molecule has 0 radical (unpaired) electrons. The van der Waals surface area contributed by atoms with Crippen LogP contribution in [0, 0.1) is 13.8 Å². The molecule has 98 valence electrons. The highest BCUT2D eigenvalue weighted by Gasteiger charge is 2.26. The fourth-order valence-corrected chi connectivity index (χ4v) is 2.02. The van der Waals surface area contributed by atoms with Gasteiger partial charge in [-0.15, -0.1) is 0 Å². The summed E-state index contributed by atoms with van der Waals surface area (Å²) in [7, 11) is 0. The van der Waals surface area contributed by atoms with Gasteiger partial charge in [-0.2, -0.15) is 18.3 Å². The van der Waals surface area contributed by atoms with E-state index >= 15 is 0 Å². The van der Waals surface area contributed by atoms with E-state index < -0.39 is 12.6 Å². The summed E-state index contributed by atoms with van der Waals surface area (Å²) < 4.78 is 37.7. The molecule has 2 N–H and O–H groups in total. The summed E-state index contributed by atoms with van der Waals surface area (Å²) in [6.45, 7) is 5.79. The van der Waals surface area contributed by atoms with Crippen molar-refractivity contribution in [1.29, 1.82) is 0 Å². The van der Waals surface area contributed by atoms with Crippen LogP contribution < -0.4 is 5.73 Å². The van der Waals surface area contributed by atoms with Gasteiger partial charge in [0.1, 0.15) is 0 Å². The van der Waals surface area contributed by atoms with Crippen LogP contribution in [-0.2, 0) is 6.54 Å². The van der Waals surface area contributed by atoms with Crippen LogP contribution >= 0.6 is 0 Å². The molecule has 0 fully saturated rings. The molecule has 1 heterocycles. The molecule has 6 heteroatoms. The molecule has 1 rings (SSSR count). The first kappa shape index (κ1) is 14.0. The maximum Gasteiger partial charge on any atom is 0.389 e. The maximum absolute atomic E-state index is 12.0. The molecule has 0 saturated carbocycles. The Morgan fingerprint density at radius 3 is 2.35 bits per heavy atom. The lowest BCUT2D eigenvalue weighted by Gasteiger charge is -2.09. The second kappa shape index (κ2) is 5.08. The number of aromatic nitrogens is 2. The van der Waals surface area contributed by atoms with Crippen molar-refractivity contribution >= 4 is 0 Å². The highest BCUT2D eigenvalue weighted by molar-refractivity contribution is 5.27. The van der Waals surface area contributed by atoms with Crippen molar-refractivity contribution in [2.45, 2.75) is 52.4 Å². The van der Waals surface area contributed by atoms with Gasteiger partial charge in [-0.25, -0.2) is 0 Å². The third kappa shape index (κ3) is 3.73. The van der Waals surface area contributed by atoms with Gasteiger partial charge >= 0.3 is 6.18 Å². The van der Waals surface area contributed by atoms with Crippen LogP contribution in [0.4, 0.5) is 13.2 Å². The summed E-state index contributed by atoms with van der Waals surface area (Å²) in [4.78, 5) is 0. The van der Waals surface area contributed by atoms with Crippen molar-refractivity contribution in [2.75, 3.05) is 0 Å². The Morgan fingerprint density at radius 2 is 1.94 bits per heavy atom. The number of nitrogens with two attached hydrogens (primary N) is 1. The molecule has 1 atom stereocenters. The molecule has 3 nitrogen and oxygen atoms in total. The van der Waals surface area contributed by atoms with E-state index in [1.807, 2.05) is 20.8 Å². The largest absolute Gasteiger partial charge is 0.389 e. The van der Waals surface area contributed by atoms with Gasteiger partial charge < -0.3 is 5.73 Å². The smallest absolute Gasteiger partial charge is 0.324 e. The number of alkyl halides is 3. The number of hydrogen-bond acceptors (Lipinski definition) is 2. The number of rotatable bonds is 4. The number of hydrogen-bond donors (Lipinski definition) is 1. The second-order valence-corrected chi connectivity index (χ2v) is 4.32. The van der Waals surface area contributed by atoms with Gasteiger partial charge in [-0.3, -0.25) is 4.68 Å². The Kier molecular flexibility index (Phi) is 4.19. The highest BCUT2D eigenvalue weighted by atomic mass is 19.4. The molecule has 0 aliphatic rings. The topological polar surface area (TPSA) is 43.8 Å². The van der Waals surface area contributed by atoms with Gasteiger partial charge in [0.05, 0.1) is 5.69 Å². The summed E-state index contributed by atoms with van der Waals surface area (Å²) in [5.74, 6) is 0. The van der Waals surface area contributed by atoms with Gasteiger partial charge in [-0.05, 0) is 27.2 Å². The third-order valence-electron chi connectivity index (χ3n) is 2.72. The molecule has 0 aromatic carbocycles. The van der Waals surface area contributed by atoms with Crippen molar-refractivity contribution in [3.05, 3.63) is 17.0 Å². The minimum Gasteiger partial charge on any atom is -0.324 e. The zero-order valence-corrected chi connectivity index (χ0v) is 10.3. The Labute approximate surface area is 98.8 Å². The first-order valence-corrected chi connectivity index (χ1v) is 5.58. The zero-order valence-electron chi connectivity index (χ0n) is 10.3. The summed E-state index contributed by atoms with van der Waals surface area (Å²) in [5.41, 5.74) is 8.38. The van der Waals surface area contributed by atoms with Crippen molar-refractivity contribution in [1.82, 2.24) is 9.78 Å². The molecule has 0 spiro atoms. The Bertz CT molecular complexity index is 380. The predicted molar refractivity (Wildman–Crippen MR) is 59.6 cm³/mol. The summed E-state index contributed by atoms with van der Waals surface area (Å²) in [5, 5.41) is 4.22. The number of aryl methyl sites for hydroxylation is 2. The Hall–Kier alpha value is -1.04. The van der Waals surface area contributed by atoms with Crippen molar-refractivity contribution in [3.8, 4) is 0 Å². The third-order valence-corrected chi connectivity index (χ3v) is 2.72. The maximum atomic E-state index is 12.0. The molecule has 1 unspecified atom stereocenters. The summed E-state index contributed by atoms with van der Waals surface area (Å²) in [6.07, 6.45) is -4.83. The van der Waals surface area contributed by atoms with Crippen LogP contribution in [0.2, 0.25) is 0 Å². The van der Waals surface area contributed by atoms with E-state index in [2.05, 4.69) is 5.10 Å². The average molecular weight is 249 g/mol. The minimum atomic E-state index is -4.10. The Balaban J connectivity index is 2.70. The van der Waals surface area contributed by atoms with E-state index in [0.717, 1.165) is 17.0 Å². The number of nitrogens with zero attached hydrogens (tertiary/aromatic N) is 2. The molecule has 1 aromatic heterocycles. The van der Waals surface area contributed by atoms with E-state index in [-0.39, 0.29) is 19.0 Å². The van der Waals surface area contributed by atoms with Crippen LogP contribution in [0.25, 0.3) is 0 Å². The molecule has 0 amide bonds. The van der Waals surface area contributed by atoms with E-state index in [4.69, 9.17) is 5.73 Å². The predicted octanol–water partition coefficient (Wildman–Crippen LogP) is 2.86. The van der Waals surface area contributed by atoms with E-state index in [1.54, 1.807) is 4.68 Å². The fraction of sp³-hybridized carbons (Fsp3) is 0.727. The zero-order chi connectivity index (χ0) is 13.2. The minimum absolute atomic E-state index is 0.0455. The lowest BCUT2D eigenvalue weighted by atomic mass is 10.1. The van der Waals surface area contributed by atoms with Gasteiger partial charge in [-0.1, -0.05) is 0 Å². The molecule has 0 bridgehead atoms. The fourth-order valence-electron chi connectivity index (χ4n) is 2.02. The lowest BCUT2D eigenvalue weighted by molar-refractivity contribution is -0.136. The Morgan fingerprint density at radius 1 is 1.35 bits per heavy atom. The summed E-state index contributed by atoms with van der Waals surface area (Å²) >= 11 is 0. The molecule has 0 aliphatic heterocycles. The number of halogens is 3.